The van der Waals surface area contributed by atoms with Crippen LogP contribution >= 0.6 is 0 Å². The van der Waals surface area contributed by atoms with E-state index in [1.165, 1.54) is 4.90 Å². The predicted octanol–water partition coefficient (Wildman–Crippen LogP) is 1.48. The third-order valence-corrected chi connectivity index (χ3v) is 5.76. The Morgan fingerprint density at radius 1 is 0.966 bits per heavy atom. The van der Waals surface area contributed by atoms with E-state index >= 15 is 0 Å². The highest BCUT2D eigenvalue weighted by Gasteiger charge is 2.34. The molecule has 0 radical (unpaired) electrons. The molecule has 4 rings (SSSR count). The van der Waals surface area contributed by atoms with Gasteiger partial charge in [0, 0.05) is 27.9 Å². The van der Waals surface area contributed by atoms with Crippen molar-refractivity contribution in [2.45, 2.75) is 39.0 Å². The van der Waals surface area contributed by atoms with Crippen LogP contribution in [0.15, 0.2) is 42.5 Å². The molecule has 29 heavy (non-hydrogen) atoms. The van der Waals surface area contributed by atoms with Crippen molar-refractivity contribution in [3.05, 3.63) is 64.7 Å². The Kier molecular flexibility index (Phi) is 5.06. The van der Waals surface area contributed by atoms with Crippen molar-refractivity contribution >= 4 is 23.2 Å². The third kappa shape index (κ3) is 3.61. The van der Waals surface area contributed by atoms with Gasteiger partial charge in [-0.1, -0.05) is 24.3 Å². The fourth-order valence-electron chi connectivity index (χ4n) is 4.28. The van der Waals surface area contributed by atoms with E-state index < -0.39 is 0 Å². The zero-order valence-corrected chi connectivity index (χ0v) is 16.8. The fraction of sp³-hybridized carbons (Fsp3) is 0.348. The van der Waals surface area contributed by atoms with Crippen LogP contribution < -0.4 is 10.2 Å². The second-order valence-corrected chi connectivity index (χ2v) is 8.00. The molecule has 1 saturated heterocycles. The highest BCUT2D eigenvalue weighted by atomic mass is 16.5. The Bertz CT molecular complexity index is 990. The molecule has 0 aromatic heterocycles. The number of morpholine rings is 1. The summed E-state index contributed by atoms with van der Waals surface area (Å²) in [6.45, 7) is 7.48. The van der Waals surface area contributed by atoms with Gasteiger partial charge in [-0.15, -0.1) is 0 Å². The van der Waals surface area contributed by atoms with E-state index in [0.29, 0.717) is 27.9 Å². The minimum Gasteiger partial charge on any atom is -0.364 e. The summed E-state index contributed by atoms with van der Waals surface area (Å²) in [5.74, 6) is -0.473. The lowest BCUT2D eigenvalue weighted by molar-refractivity contribution is -0.928. The molecule has 2 aliphatic rings. The van der Waals surface area contributed by atoms with E-state index in [1.807, 2.05) is 20.8 Å². The van der Waals surface area contributed by atoms with Crippen molar-refractivity contribution in [3.8, 4) is 0 Å². The lowest BCUT2D eigenvalue weighted by atomic mass is 9.84. The van der Waals surface area contributed by atoms with E-state index in [2.05, 4.69) is 5.32 Å². The number of rotatable bonds is 3. The van der Waals surface area contributed by atoms with E-state index in [4.69, 9.17) is 4.74 Å². The Labute approximate surface area is 169 Å². The highest BCUT2D eigenvalue weighted by Crippen LogP contribution is 2.29. The maximum absolute atomic E-state index is 12.9. The summed E-state index contributed by atoms with van der Waals surface area (Å²) in [6.07, 6.45) is 0.216. The van der Waals surface area contributed by atoms with Gasteiger partial charge in [-0.25, -0.2) is 0 Å². The van der Waals surface area contributed by atoms with Crippen LogP contribution in [-0.4, -0.2) is 48.8 Å². The number of anilines is 1. The van der Waals surface area contributed by atoms with E-state index in [0.717, 1.165) is 13.1 Å². The molecule has 2 aromatic rings. The smallest absolute Gasteiger partial charge is 0.282 e. The maximum Gasteiger partial charge on any atom is 0.282 e. The number of carbonyl (C=O) groups excluding carboxylic acids is 3. The van der Waals surface area contributed by atoms with Crippen molar-refractivity contribution in [2.75, 3.05) is 18.4 Å². The average Bonchev–Trinajstić information content (AvgIpc) is 2.70. The molecule has 1 aliphatic carbocycles. The van der Waals surface area contributed by atoms with Crippen molar-refractivity contribution in [2.24, 2.45) is 0 Å². The molecule has 0 unspecified atom stereocenters. The minimum atomic E-state index is -0.252. The molecule has 3 atom stereocenters. The van der Waals surface area contributed by atoms with E-state index in [-0.39, 0.29) is 35.7 Å². The molecule has 1 heterocycles. The fourth-order valence-corrected chi connectivity index (χ4v) is 4.28. The van der Waals surface area contributed by atoms with Crippen molar-refractivity contribution in [3.63, 3.8) is 0 Å². The van der Waals surface area contributed by atoms with Crippen molar-refractivity contribution < 1.29 is 24.0 Å². The quantitative estimate of drug-likeness (QED) is 0.707. The topological polar surface area (TPSA) is 76.9 Å². The molecular formula is C23H25N2O4+. The molecule has 1 aliphatic heterocycles. The van der Waals surface area contributed by atoms with Crippen LogP contribution in [0.5, 0.6) is 0 Å². The predicted molar refractivity (Wildman–Crippen MR) is 109 cm³/mol. The Hall–Kier alpha value is -2.83. The number of quaternary nitrogens is 1. The van der Waals surface area contributed by atoms with Crippen LogP contribution in [0.3, 0.4) is 0 Å². The first-order valence-electron chi connectivity index (χ1n) is 9.98. The zero-order valence-electron chi connectivity index (χ0n) is 16.8. The molecule has 2 aromatic carbocycles. The van der Waals surface area contributed by atoms with Crippen LogP contribution in [0.25, 0.3) is 0 Å². The van der Waals surface area contributed by atoms with Gasteiger partial charge in [0.1, 0.15) is 25.3 Å². The largest absolute Gasteiger partial charge is 0.364 e. The van der Waals surface area contributed by atoms with Gasteiger partial charge in [-0.2, -0.15) is 0 Å². The number of benzene rings is 2. The summed E-state index contributed by atoms with van der Waals surface area (Å²) in [6, 6.07) is 11.5. The number of hydrogen-bond donors (Lipinski definition) is 2. The molecule has 1 amide bonds. The van der Waals surface area contributed by atoms with Crippen LogP contribution in [-0.2, 0) is 9.53 Å². The first kappa shape index (κ1) is 19.5. The van der Waals surface area contributed by atoms with E-state index in [9.17, 15) is 14.4 Å². The molecule has 150 valence electrons. The van der Waals surface area contributed by atoms with Crippen LogP contribution in [0, 0.1) is 0 Å². The number of nitrogens with one attached hydrogen (secondary N) is 2. The second kappa shape index (κ2) is 7.54. The summed E-state index contributed by atoms with van der Waals surface area (Å²) in [4.78, 5) is 39.6. The highest BCUT2D eigenvalue weighted by molar-refractivity contribution is 6.28. The number of fused-ring (bicyclic) bond motifs is 2. The molecule has 0 bridgehead atoms. The summed E-state index contributed by atoms with van der Waals surface area (Å²) in [5.41, 5.74) is 2.06. The summed E-state index contributed by atoms with van der Waals surface area (Å²) >= 11 is 0. The maximum atomic E-state index is 12.9. The number of hydrogen-bond acceptors (Lipinski definition) is 4. The molecule has 6 nitrogen and oxygen atoms in total. The molecular weight excluding hydrogens is 368 g/mol. The van der Waals surface area contributed by atoms with Gasteiger partial charge in [0.2, 0.25) is 0 Å². The van der Waals surface area contributed by atoms with Gasteiger partial charge in [0.25, 0.3) is 5.91 Å². The van der Waals surface area contributed by atoms with Crippen molar-refractivity contribution in [1.82, 2.24) is 0 Å². The number of carbonyl (C=O) groups is 3. The third-order valence-electron chi connectivity index (χ3n) is 5.76. The molecule has 0 spiro atoms. The minimum absolute atomic E-state index is 0.108. The molecule has 0 saturated carbocycles. The second-order valence-electron chi connectivity index (χ2n) is 8.00. The normalized spacial score (nSPS) is 24.4. The summed E-state index contributed by atoms with van der Waals surface area (Å²) < 4.78 is 5.76. The molecule has 2 N–H and O–H groups in total. The first-order valence-corrected chi connectivity index (χ1v) is 9.98. The van der Waals surface area contributed by atoms with Gasteiger partial charge >= 0.3 is 0 Å². The van der Waals surface area contributed by atoms with Gasteiger partial charge in [0.15, 0.2) is 17.6 Å². The van der Waals surface area contributed by atoms with Gasteiger partial charge in [-0.3, -0.25) is 14.4 Å². The number of ketones is 2. The monoisotopic (exact) mass is 393 g/mol. The number of amides is 1. The van der Waals surface area contributed by atoms with Crippen LogP contribution in [0.2, 0.25) is 0 Å². The van der Waals surface area contributed by atoms with Gasteiger partial charge < -0.3 is 15.0 Å². The lowest BCUT2D eigenvalue weighted by Crippen LogP contribution is -3.19. The molecule has 6 heteroatoms. The Balaban J connectivity index is 1.54. The Morgan fingerprint density at radius 3 is 2.14 bits per heavy atom. The zero-order chi connectivity index (χ0) is 20.7. The van der Waals surface area contributed by atoms with Gasteiger partial charge in [0.05, 0.1) is 0 Å². The summed E-state index contributed by atoms with van der Waals surface area (Å²) in [7, 11) is 0. The SMILES string of the molecule is C[C@H]1C[NH+]([C@@H](C)C(=O)Nc2ccc3c(c2)C(=O)c2ccccc2C3=O)C[C@H](C)O1. The first-order chi connectivity index (χ1) is 13.8. The lowest BCUT2D eigenvalue weighted by Gasteiger charge is -2.35. The Morgan fingerprint density at radius 2 is 1.52 bits per heavy atom. The summed E-state index contributed by atoms with van der Waals surface area (Å²) in [5, 5.41) is 2.91. The van der Waals surface area contributed by atoms with Crippen molar-refractivity contribution in [1.29, 1.82) is 0 Å². The number of ether oxygens (including phenoxy) is 1. The van der Waals surface area contributed by atoms with E-state index in [1.54, 1.807) is 42.5 Å². The average molecular weight is 393 g/mol. The van der Waals surface area contributed by atoms with Gasteiger partial charge in [-0.05, 0) is 39.0 Å². The van der Waals surface area contributed by atoms with Crippen LogP contribution in [0.1, 0.15) is 52.6 Å². The van der Waals surface area contributed by atoms with Crippen LogP contribution in [0.4, 0.5) is 5.69 Å². The molecule has 1 fully saturated rings. The standard InChI is InChI=1S/C23H24N2O4/c1-13-11-25(12-14(2)29-13)15(3)23(28)24-16-8-9-19-20(10-16)22(27)18-7-5-4-6-17(18)21(19)26/h4-10,13-15H,11-12H2,1-3H3,(H,24,28)/p+1/t13-,14-,15-/m0/s1.